The lowest BCUT2D eigenvalue weighted by Gasteiger charge is -2.27. The van der Waals surface area contributed by atoms with E-state index in [0.29, 0.717) is 4.48 Å². The van der Waals surface area contributed by atoms with Crippen molar-refractivity contribution >= 4 is 10.1 Å². The number of hydrogen-bond acceptors (Lipinski definition) is 3. The smallest absolute Gasteiger partial charge is 0.104 e. The minimum absolute atomic E-state index is 0.263. The van der Waals surface area contributed by atoms with Crippen LogP contribution in [-0.2, 0) is 10.1 Å². The van der Waals surface area contributed by atoms with E-state index in [1.165, 1.54) is 96.3 Å². The molecule has 0 radical (unpaired) electrons. The second kappa shape index (κ2) is 25.4. The lowest BCUT2D eigenvalue weighted by Crippen LogP contribution is -2.35. The molecule has 0 aromatic carbocycles. The Bertz CT molecular complexity index is 618. The van der Waals surface area contributed by atoms with Gasteiger partial charge in [0.15, 0.2) is 0 Å². The molecule has 0 aromatic heterocycles. The highest BCUT2D eigenvalue weighted by atomic mass is 32.2. The molecular weight excluding hydrogens is 478 g/mol. The molecule has 37 heavy (non-hydrogen) atoms. The molecule has 0 aliphatic carbocycles. The van der Waals surface area contributed by atoms with Gasteiger partial charge in [-0.2, -0.15) is 0 Å². The Hall–Kier alpha value is -0.910. The molecule has 0 rings (SSSR count). The molecule has 5 heteroatoms. The van der Waals surface area contributed by atoms with Gasteiger partial charge in [0.2, 0.25) is 0 Å². The van der Waals surface area contributed by atoms with E-state index in [1.807, 2.05) is 0 Å². The van der Waals surface area contributed by atoms with Crippen LogP contribution in [0.5, 0.6) is 0 Å². The molecule has 0 saturated heterocycles. The Kier molecular flexibility index (Phi) is 24.7. The van der Waals surface area contributed by atoms with Gasteiger partial charge in [0.25, 0.3) is 0 Å². The van der Waals surface area contributed by atoms with Crippen LogP contribution in [0.25, 0.3) is 0 Å². The van der Waals surface area contributed by atoms with Crippen molar-refractivity contribution in [1.29, 1.82) is 0 Å². The van der Waals surface area contributed by atoms with Crippen LogP contribution in [0.1, 0.15) is 156 Å². The summed E-state index contributed by atoms with van der Waals surface area (Å²) in [6, 6.07) is 0. The van der Waals surface area contributed by atoms with Gasteiger partial charge in [0.1, 0.15) is 35.3 Å². The third kappa shape index (κ3) is 25.1. The van der Waals surface area contributed by atoms with Crippen LogP contribution in [0.3, 0.4) is 0 Å². The van der Waals surface area contributed by atoms with E-state index < -0.39 is 10.1 Å². The fourth-order valence-electron chi connectivity index (χ4n) is 4.58. The Morgan fingerprint density at radius 2 is 0.811 bits per heavy atom. The summed E-state index contributed by atoms with van der Waals surface area (Å²) in [5.41, 5.74) is 0. The molecule has 0 aliphatic heterocycles. The van der Waals surface area contributed by atoms with Crippen molar-refractivity contribution in [2.45, 2.75) is 156 Å². The van der Waals surface area contributed by atoms with Crippen LogP contribution >= 0.6 is 0 Å². The third-order valence-corrected chi connectivity index (χ3v) is 7.73. The zero-order valence-electron chi connectivity index (χ0n) is 24.8. The van der Waals surface area contributed by atoms with E-state index in [0.717, 1.165) is 38.5 Å². The van der Waals surface area contributed by atoms with Gasteiger partial charge in [-0.05, 0) is 56.8 Å². The van der Waals surface area contributed by atoms with Crippen molar-refractivity contribution < 1.29 is 17.5 Å². The fourth-order valence-corrected chi connectivity index (χ4v) is 5.12. The van der Waals surface area contributed by atoms with Gasteiger partial charge in [-0.25, -0.2) is 12.9 Å². The van der Waals surface area contributed by atoms with Gasteiger partial charge in [-0.1, -0.05) is 117 Å². The normalized spacial score (nSPS) is 13.1. The maximum Gasteiger partial charge on any atom is 0.104 e. The van der Waals surface area contributed by atoms with E-state index in [2.05, 4.69) is 57.6 Å². The lowest BCUT2D eigenvalue weighted by molar-refractivity contribution is -0.770. The van der Waals surface area contributed by atoms with Gasteiger partial charge >= 0.3 is 0 Å². The van der Waals surface area contributed by atoms with Crippen molar-refractivity contribution in [2.75, 3.05) is 12.3 Å². The third-order valence-electron chi connectivity index (χ3n) is 7.05. The summed E-state index contributed by atoms with van der Waals surface area (Å²) in [5.74, 6) is -0.350. The first kappa shape index (κ1) is 36.1. The molecule has 4 nitrogen and oxygen atoms in total. The maximum atomic E-state index is 11.5. The number of quaternary nitrogens is 1. The van der Waals surface area contributed by atoms with Crippen molar-refractivity contribution in [3.8, 4) is 0 Å². The fraction of sp³-hybridized carbons (Fsp3) is 0.812. The highest BCUT2D eigenvalue weighted by molar-refractivity contribution is 7.85. The van der Waals surface area contributed by atoms with Crippen molar-refractivity contribution in [3.05, 3.63) is 36.8 Å². The Morgan fingerprint density at radius 3 is 1.11 bits per heavy atom. The average Bonchev–Trinajstić information content (AvgIpc) is 2.87. The van der Waals surface area contributed by atoms with Crippen LogP contribution < -0.4 is 0 Å². The molecule has 0 saturated carbocycles. The molecule has 0 fully saturated rings. The standard InChI is InChI=1S/C32H61NO3S/c1-4-7-10-13-16-19-22-25-28-33(31-32-37(34,35)36,29-26-23-20-17-14-11-8-5-2)30-27-24-21-18-15-12-9-6-3/h25-30H,4-24,31-32H2,1-3H3/b28-25+,29-26+,30-27+. The highest BCUT2D eigenvalue weighted by Crippen LogP contribution is 2.18. The van der Waals surface area contributed by atoms with Gasteiger partial charge in [0.05, 0.1) is 5.75 Å². The van der Waals surface area contributed by atoms with E-state index >= 15 is 0 Å². The first-order chi connectivity index (χ1) is 17.9. The first-order valence-corrected chi connectivity index (χ1v) is 17.3. The van der Waals surface area contributed by atoms with Gasteiger partial charge in [-0.15, -0.1) is 0 Å². The van der Waals surface area contributed by atoms with Crippen molar-refractivity contribution in [3.63, 3.8) is 0 Å². The predicted octanol–water partition coefficient (Wildman–Crippen LogP) is 10.1. The van der Waals surface area contributed by atoms with Crippen LogP contribution in [-0.4, -0.2) is 29.8 Å². The van der Waals surface area contributed by atoms with E-state index in [4.69, 9.17) is 0 Å². The Balaban J connectivity index is 5.18. The zero-order valence-corrected chi connectivity index (χ0v) is 25.6. The minimum Gasteiger partial charge on any atom is -0.748 e. The highest BCUT2D eigenvalue weighted by Gasteiger charge is 2.20. The zero-order chi connectivity index (χ0) is 27.5. The number of hydrogen-bond donors (Lipinski definition) is 0. The molecule has 0 bridgehead atoms. The summed E-state index contributed by atoms with van der Waals surface area (Å²) >= 11 is 0. The number of unbranched alkanes of at least 4 members (excludes halogenated alkanes) is 18. The Morgan fingerprint density at radius 1 is 0.514 bits per heavy atom. The van der Waals surface area contributed by atoms with E-state index in [1.54, 1.807) is 0 Å². The Labute approximate surface area is 232 Å². The number of nitrogens with zero attached hydrogens (tertiary/aromatic N) is 1. The van der Waals surface area contributed by atoms with Gasteiger partial charge in [0, 0.05) is 0 Å². The van der Waals surface area contributed by atoms with Crippen molar-refractivity contribution in [2.24, 2.45) is 0 Å². The molecular formula is C32H61NO3S. The molecule has 0 aliphatic rings. The summed E-state index contributed by atoms with van der Waals surface area (Å²) in [6.45, 7) is 6.98. The monoisotopic (exact) mass is 539 g/mol. The van der Waals surface area contributed by atoms with E-state index in [9.17, 15) is 13.0 Å². The average molecular weight is 540 g/mol. The quantitative estimate of drug-likeness (QED) is 0.0592. The first-order valence-electron chi connectivity index (χ1n) is 15.7. The maximum absolute atomic E-state index is 11.5. The predicted molar refractivity (Wildman–Crippen MR) is 161 cm³/mol. The molecule has 0 aromatic rings. The summed E-state index contributed by atoms with van der Waals surface area (Å²) in [5, 5.41) is 0. The van der Waals surface area contributed by atoms with Crippen molar-refractivity contribution in [1.82, 2.24) is 0 Å². The van der Waals surface area contributed by atoms with Gasteiger partial charge < -0.3 is 4.55 Å². The second-order valence-electron chi connectivity index (χ2n) is 10.8. The van der Waals surface area contributed by atoms with Crippen LogP contribution in [0.2, 0.25) is 0 Å². The topological polar surface area (TPSA) is 57.2 Å². The lowest BCUT2D eigenvalue weighted by atomic mass is 10.1. The minimum atomic E-state index is -4.27. The van der Waals surface area contributed by atoms with Crippen LogP contribution in [0.4, 0.5) is 0 Å². The summed E-state index contributed by atoms with van der Waals surface area (Å²) < 4.78 is 35.0. The molecule has 0 amide bonds. The second-order valence-corrected chi connectivity index (χ2v) is 12.3. The largest absolute Gasteiger partial charge is 0.748 e. The SMILES string of the molecule is CCCCCCCC/C=C/[N+](/C=C/CCCCCCCC)(/C=C/CCCCCCCC)CCS(=O)(=O)[O-]. The molecule has 218 valence electrons. The van der Waals surface area contributed by atoms with Gasteiger partial charge in [-0.3, -0.25) is 0 Å². The molecule has 0 N–H and O–H groups in total. The number of rotatable bonds is 27. The van der Waals surface area contributed by atoms with Crippen LogP contribution in [0, 0.1) is 0 Å². The summed E-state index contributed by atoms with van der Waals surface area (Å²) in [7, 11) is -4.27. The summed E-state index contributed by atoms with van der Waals surface area (Å²) in [6.07, 6.45) is 38.6. The molecule has 0 unspecified atom stereocenters. The molecule has 0 atom stereocenters. The summed E-state index contributed by atoms with van der Waals surface area (Å²) in [4.78, 5) is 0. The number of allylic oxidation sites excluding steroid dienone is 3. The molecule has 0 spiro atoms. The van der Waals surface area contributed by atoms with Crippen LogP contribution in [0.15, 0.2) is 36.8 Å². The molecule has 0 heterocycles. The van der Waals surface area contributed by atoms with E-state index in [-0.39, 0.29) is 12.3 Å².